The van der Waals surface area contributed by atoms with Crippen LogP contribution in [-0.4, -0.2) is 16.7 Å². The van der Waals surface area contributed by atoms with E-state index in [2.05, 4.69) is 0 Å². The molecule has 0 N–H and O–H groups in total. The van der Waals surface area contributed by atoms with E-state index in [9.17, 15) is 19.7 Å². The zero-order valence-electron chi connectivity index (χ0n) is 9.94. The summed E-state index contributed by atoms with van der Waals surface area (Å²) in [5.74, 6) is -0.291. The molecule has 2 aliphatic rings. The second-order valence-electron chi connectivity index (χ2n) is 4.89. The normalized spacial score (nSPS) is 27.8. The Morgan fingerprint density at radius 3 is 2.53 bits per heavy atom. The van der Waals surface area contributed by atoms with Crippen LogP contribution in [-0.2, 0) is 9.59 Å². The summed E-state index contributed by atoms with van der Waals surface area (Å²) in [6, 6.07) is 5.33. The number of non-ortho nitro benzene ring substituents is 1. The lowest BCUT2D eigenvalue weighted by Crippen LogP contribution is -2.15. The van der Waals surface area contributed by atoms with E-state index in [0.29, 0.717) is 6.42 Å². The van der Waals surface area contributed by atoms with E-state index in [1.165, 1.54) is 24.3 Å². The molecule has 2 aliphatic carbocycles. The molecule has 0 radical (unpaired) electrons. The fourth-order valence-electron chi connectivity index (χ4n) is 2.79. The van der Waals surface area contributed by atoms with Crippen LogP contribution in [0.4, 0.5) is 5.69 Å². The number of nitrogens with zero attached hydrogens (tertiary/aromatic N) is 1. The van der Waals surface area contributed by atoms with E-state index >= 15 is 0 Å². The SMILES string of the molecule is O=C1CCC2C1C2C(=O)Oc1ccc([N+](=O)[O-])cc1. The first kappa shape index (κ1) is 11.8. The number of benzene rings is 1. The molecule has 2 fully saturated rings. The van der Waals surface area contributed by atoms with Crippen LogP contribution in [0.25, 0.3) is 0 Å². The summed E-state index contributed by atoms with van der Waals surface area (Å²) in [6.45, 7) is 0. The first-order valence-corrected chi connectivity index (χ1v) is 6.07. The number of esters is 1. The number of hydrogen-bond donors (Lipinski definition) is 0. The van der Waals surface area contributed by atoms with Crippen molar-refractivity contribution in [1.82, 2.24) is 0 Å². The van der Waals surface area contributed by atoms with Crippen LogP contribution in [0, 0.1) is 27.9 Å². The lowest BCUT2D eigenvalue weighted by molar-refractivity contribution is -0.384. The molecular weight excluding hydrogens is 250 g/mol. The third-order valence-corrected chi connectivity index (χ3v) is 3.80. The molecule has 0 amide bonds. The van der Waals surface area contributed by atoms with Crippen molar-refractivity contribution in [1.29, 1.82) is 0 Å². The molecule has 6 nitrogen and oxygen atoms in total. The van der Waals surface area contributed by atoms with Crippen LogP contribution < -0.4 is 4.74 Å². The minimum atomic E-state index is -0.518. The molecule has 0 heterocycles. The van der Waals surface area contributed by atoms with Crippen LogP contribution in [0.5, 0.6) is 5.75 Å². The summed E-state index contributed by atoms with van der Waals surface area (Å²) in [4.78, 5) is 33.2. The summed E-state index contributed by atoms with van der Waals surface area (Å²) < 4.78 is 5.14. The van der Waals surface area contributed by atoms with Gasteiger partial charge in [-0.25, -0.2) is 0 Å². The van der Waals surface area contributed by atoms with Crippen LogP contribution in [0.15, 0.2) is 24.3 Å². The van der Waals surface area contributed by atoms with Gasteiger partial charge in [0.15, 0.2) is 0 Å². The van der Waals surface area contributed by atoms with E-state index in [-0.39, 0.29) is 35.0 Å². The highest BCUT2D eigenvalue weighted by Gasteiger charge is 2.62. The van der Waals surface area contributed by atoms with Gasteiger partial charge in [0, 0.05) is 24.5 Å². The highest BCUT2D eigenvalue weighted by atomic mass is 16.6. The zero-order chi connectivity index (χ0) is 13.6. The second kappa shape index (κ2) is 4.15. The predicted molar refractivity (Wildman–Crippen MR) is 63.4 cm³/mol. The molecule has 1 aromatic carbocycles. The van der Waals surface area contributed by atoms with Crippen molar-refractivity contribution in [3.8, 4) is 5.75 Å². The Morgan fingerprint density at radius 2 is 2.00 bits per heavy atom. The van der Waals surface area contributed by atoms with E-state index in [1.54, 1.807) is 0 Å². The maximum absolute atomic E-state index is 11.8. The molecule has 19 heavy (non-hydrogen) atoms. The summed E-state index contributed by atoms with van der Waals surface area (Å²) in [5, 5.41) is 10.5. The summed E-state index contributed by atoms with van der Waals surface area (Å²) in [7, 11) is 0. The van der Waals surface area contributed by atoms with Gasteiger partial charge in [-0.1, -0.05) is 0 Å². The maximum atomic E-state index is 11.8. The molecule has 6 heteroatoms. The zero-order valence-corrected chi connectivity index (χ0v) is 9.94. The van der Waals surface area contributed by atoms with Crippen molar-refractivity contribution >= 4 is 17.4 Å². The topological polar surface area (TPSA) is 86.5 Å². The third kappa shape index (κ3) is 1.99. The summed E-state index contributed by atoms with van der Waals surface area (Å²) in [6.07, 6.45) is 1.33. The minimum absolute atomic E-state index is 0.0572. The number of nitro benzene ring substituents is 1. The minimum Gasteiger partial charge on any atom is -0.426 e. The van der Waals surface area contributed by atoms with Gasteiger partial charge in [-0.2, -0.15) is 0 Å². The Bertz CT molecular complexity index is 565. The van der Waals surface area contributed by atoms with Crippen LogP contribution in [0.2, 0.25) is 0 Å². The van der Waals surface area contributed by atoms with E-state index in [4.69, 9.17) is 4.74 Å². The number of carbonyl (C=O) groups is 2. The molecule has 98 valence electrons. The second-order valence-corrected chi connectivity index (χ2v) is 4.89. The first-order valence-electron chi connectivity index (χ1n) is 6.07. The number of nitro groups is 1. The lowest BCUT2D eigenvalue weighted by Gasteiger charge is -2.04. The number of rotatable bonds is 3. The third-order valence-electron chi connectivity index (χ3n) is 3.80. The van der Waals surface area contributed by atoms with E-state index < -0.39 is 10.9 Å². The van der Waals surface area contributed by atoms with Gasteiger partial charge in [-0.05, 0) is 24.5 Å². The Hall–Kier alpha value is -2.24. The Balaban J connectivity index is 1.64. The first-order chi connectivity index (χ1) is 9.08. The van der Waals surface area contributed by atoms with Gasteiger partial charge in [-0.3, -0.25) is 19.7 Å². The Kier molecular flexibility index (Phi) is 2.58. The fourth-order valence-corrected chi connectivity index (χ4v) is 2.79. The molecule has 3 atom stereocenters. The number of hydrogen-bond acceptors (Lipinski definition) is 5. The van der Waals surface area contributed by atoms with Crippen molar-refractivity contribution in [2.24, 2.45) is 17.8 Å². The molecule has 2 saturated carbocycles. The van der Waals surface area contributed by atoms with Crippen LogP contribution >= 0.6 is 0 Å². The van der Waals surface area contributed by atoms with E-state index in [0.717, 1.165) is 6.42 Å². The van der Waals surface area contributed by atoms with Crippen molar-refractivity contribution in [3.63, 3.8) is 0 Å². The molecule has 3 rings (SSSR count). The lowest BCUT2D eigenvalue weighted by atomic mass is 10.1. The summed E-state index contributed by atoms with van der Waals surface area (Å²) in [5.41, 5.74) is -0.0572. The summed E-state index contributed by atoms with van der Waals surface area (Å²) >= 11 is 0. The van der Waals surface area contributed by atoms with Crippen molar-refractivity contribution in [2.75, 3.05) is 0 Å². The van der Waals surface area contributed by atoms with Crippen molar-refractivity contribution < 1.29 is 19.2 Å². The van der Waals surface area contributed by atoms with Crippen LogP contribution in [0.3, 0.4) is 0 Å². The van der Waals surface area contributed by atoms with E-state index in [1.807, 2.05) is 0 Å². The quantitative estimate of drug-likeness (QED) is 0.358. The number of ether oxygens (including phenoxy) is 1. The molecule has 0 bridgehead atoms. The number of ketones is 1. The standard InChI is InChI=1S/C13H11NO5/c15-10-6-5-9-11(10)12(9)13(16)19-8-3-1-7(2-4-8)14(17)18/h1-4,9,11-12H,5-6H2. The van der Waals surface area contributed by atoms with Crippen LogP contribution in [0.1, 0.15) is 12.8 Å². The number of fused-ring (bicyclic) bond motifs is 1. The smallest absolute Gasteiger partial charge is 0.315 e. The highest BCUT2D eigenvalue weighted by molar-refractivity contribution is 5.95. The van der Waals surface area contributed by atoms with Crippen molar-refractivity contribution in [3.05, 3.63) is 34.4 Å². The van der Waals surface area contributed by atoms with Gasteiger partial charge >= 0.3 is 5.97 Å². The molecule has 0 aliphatic heterocycles. The average Bonchev–Trinajstić information content (AvgIpc) is 3.00. The van der Waals surface area contributed by atoms with Gasteiger partial charge in [-0.15, -0.1) is 0 Å². The van der Waals surface area contributed by atoms with Gasteiger partial charge in [0.05, 0.1) is 10.8 Å². The largest absolute Gasteiger partial charge is 0.426 e. The molecular formula is C13H11NO5. The monoisotopic (exact) mass is 261 g/mol. The number of carbonyl (C=O) groups excluding carboxylic acids is 2. The molecule has 0 aromatic heterocycles. The molecule has 3 unspecified atom stereocenters. The average molecular weight is 261 g/mol. The van der Waals surface area contributed by atoms with Gasteiger partial charge in [0.25, 0.3) is 5.69 Å². The number of Topliss-reactive ketones (excluding diaryl/α,β-unsaturated/α-hetero) is 1. The van der Waals surface area contributed by atoms with Gasteiger partial charge in [0.1, 0.15) is 11.5 Å². The Morgan fingerprint density at radius 1 is 1.32 bits per heavy atom. The molecule has 1 aromatic rings. The van der Waals surface area contributed by atoms with Gasteiger partial charge < -0.3 is 4.74 Å². The predicted octanol–water partition coefficient (Wildman–Crippen LogP) is 1.73. The highest BCUT2D eigenvalue weighted by Crippen LogP contribution is 2.55. The fraction of sp³-hybridized carbons (Fsp3) is 0.385. The maximum Gasteiger partial charge on any atom is 0.315 e. The Labute approximate surface area is 108 Å². The molecule has 0 saturated heterocycles. The molecule has 0 spiro atoms. The van der Waals surface area contributed by atoms with Gasteiger partial charge in [0.2, 0.25) is 0 Å². The van der Waals surface area contributed by atoms with Crippen molar-refractivity contribution in [2.45, 2.75) is 12.8 Å².